The number of nitrogens with zero attached hydrogens (tertiary/aromatic N) is 1. The van der Waals surface area contributed by atoms with Crippen molar-refractivity contribution in [1.82, 2.24) is 4.90 Å². The molecule has 64 valence electrons. The van der Waals surface area contributed by atoms with E-state index in [-0.39, 0.29) is 0 Å². The van der Waals surface area contributed by atoms with Crippen LogP contribution in [0.15, 0.2) is 0 Å². The van der Waals surface area contributed by atoms with Gasteiger partial charge in [0.05, 0.1) is 0 Å². The van der Waals surface area contributed by atoms with Gasteiger partial charge in [-0.05, 0) is 38.9 Å². The summed E-state index contributed by atoms with van der Waals surface area (Å²) in [4.78, 5) is 2.57. The largest absolute Gasteiger partial charge is 0.303 e. The van der Waals surface area contributed by atoms with E-state index in [0.717, 1.165) is 0 Å². The first-order valence-electron chi connectivity index (χ1n) is 4.49. The van der Waals surface area contributed by atoms with Gasteiger partial charge < -0.3 is 4.90 Å². The maximum atomic E-state index is 4.00. The van der Waals surface area contributed by atoms with Crippen LogP contribution in [0.25, 0.3) is 0 Å². The molecule has 0 aliphatic carbocycles. The molecule has 0 aromatic heterocycles. The predicted molar refractivity (Wildman–Crippen MR) is 50.5 cm³/mol. The zero-order valence-electron chi connectivity index (χ0n) is 7.55. The molecule has 1 heterocycles. The summed E-state index contributed by atoms with van der Waals surface area (Å²) in [7, 11) is 0. The van der Waals surface area contributed by atoms with Crippen LogP contribution in [0.2, 0.25) is 0 Å². The first-order chi connectivity index (χ1) is 5.43. The molecule has 0 aromatic carbocycles. The molecule has 0 aromatic rings. The van der Waals surface area contributed by atoms with Gasteiger partial charge in [-0.15, -0.1) is 12.8 Å². The molecule has 0 amide bonds. The third-order valence-corrected chi connectivity index (χ3v) is 1.99. The monoisotopic (exact) mass is 153 g/mol. The Hall–Kier alpha value is -0.480. The van der Waals surface area contributed by atoms with Gasteiger partial charge in [0, 0.05) is 0 Å². The molecule has 1 saturated heterocycles. The molecule has 1 rings (SSSR count). The van der Waals surface area contributed by atoms with Crippen molar-refractivity contribution in [3.63, 3.8) is 0 Å². The Morgan fingerprint density at radius 1 is 1.09 bits per heavy atom. The SMILES string of the molecule is C#C.CCCN1CCCCC1. The average molecular weight is 153 g/mol. The highest BCUT2D eigenvalue weighted by Crippen LogP contribution is 2.07. The van der Waals surface area contributed by atoms with E-state index in [9.17, 15) is 0 Å². The summed E-state index contributed by atoms with van der Waals surface area (Å²) in [6.07, 6.45) is 13.6. The van der Waals surface area contributed by atoms with Crippen molar-refractivity contribution in [2.24, 2.45) is 0 Å². The van der Waals surface area contributed by atoms with Gasteiger partial charge in [0.2, 0.25) is 0 Å². The zero-order chi connectivity index (χ0) is 8.53. The molecule has 1 nitrogen and oxygen atoms in total. The van der Waals surface area contributed by atoms with Crippen LogP contribution in [-0.2, 0) is 0 Å². The van der Waals surface area contributed by atoms with Gasteiger partial charge in [-0.1, -0.05) is 13.3 Å². The molecule has 0 unspecified atom stereocenters. The minimum absolute atomic E-state index is 1.32. The van der Waals surface area contributed by atoms with E-state index in [0.29, 0.717) is 0 Å². The third kappa shape index (κ3) is 4.86. The number of terminal acetylenes is 1. The Labute approximate surface area is 70.8 Å². The summed E-state index contributed by atoms with van der Waals surface area (Å²) >= 11 is 0. The predicted octanol–water partition coefficient (Wildman–Crippen LogP) is 2.13. The fourth-order valence-electron chi connectivity index (χ4n) is 1.50. The summed E-state index contributed by atoms with van der Waals surface area (Å²) in [6.45, 7) is 6.29. The summed E-state index contributed by atoms with van der Waals surface area (Å²) in [5.74, 6) is 0. The minimum Gasteiger partial charge on any atom is -0.303 e. The summed E-state index contributed by atoms with van der Waals surface area (Å²) in [6, 6.07) is 0. The molecule has 0 radical (unpaired) electrons. The first kappa shape index (κ1) is 10.5. The molecule has 0 atom stereocenters. The van der Waals surface area contributed by atoms with Crippen LogP contribution in [0.3, 0.4) is 0 Å². The molecule has 1 heteroatoms. The third-order valence-electron chi connectivity index (χ3n) is 1.99. The molecule has 1 aliphatic rings. The van der Waals surface area contributed by atoms with Gasteiger partial charge in [0.15, 0.2) is 0 Å². The molecular weight excluding hydrogens is 134 g/mol. The van der Waals surface area contributed by atoms with Crippen LogP contribution in [0.4, 0.5) is 0 Å². The number of rotatable bonds is 2. The molecule has 0 bridgehead atoms. The van der Waals surface area contributed by atoms with Gasteiger partial charge in [-0.2, -0.15) is 0 Å². The Morgan fingerprint density at radius 3 is 2.09 bits per heavy atom. The molecule has 0 spiro atoms. The van der Waals surface area contributed by atoms with Crippen molar-refractivity contribution in [2.45, 2.75) is 32.6 Å². The van der Waals surface area contributed by atoms with Crippen LogP contribution < -0.4 is 0 Å². The van der Waals surface area contributed by atoms with E-state index in [1.807, 2.05) is 0 Å². The van der Waals surface area contributed by atoms with Gasteiger partial charge in [0.25, 0.3) is 0 Å². The molecule has 1 fully saturated rings. The van der Waals surface area contributed by atoms with E-state index < -0.39 is 0 Å². The van der Waals surface area contributed by atoms with Crippen molar-refractivity contribution in [3.8, 4) is 12.8 Å². The van der Waals surface area contributed by atoms with Crippen LogP contribution >= 0.6 is 0 Å². The summed E-state index contributed by atoms with van der Waals surface area (Å²) in [5.41, 5.74) is 0. The average Bonchev–Trinajstić information content (AvgIpc) is 2.11. The highest BCUT2D eigenvalue weighted by molar-refractivity contribution is 4.62. The first-order valence-corrected chi connectivity index (χ1v) is 4.49. The van der Waals surface area contributed by atoms with Crippen molar-refractivity contribution in [1.29, 1.82) is 0 Å². The molecule has 0 N–H and O–H groups in total. The van der Waals surface area contributed by atoms with Crippen LogP contribution in [0.5, 0.6) is 0 Å². The van der Waals surface area contributed by atoms with E-state index in [1.165, 1.54) is 45.3 Å². The van der Waals surface area contributed by atoms with Crippen molar-refractivity contribution >= 4 is 0 Å². The molecule has 1 aliphatic heterocycles. The van der Waals surface area contributed by atoms with Gasteiger partial charge >= 0.3 is 0 Å². The Balaban J connectivity index is 0.000000461. The van der Waals surface area contributed by atoms with Gasteiger partial charge in [-0.3, -0.25) is 0 Å². The molecular formula is C10H19N. The van der Waals surface area contributed by atoms with Crippen LogP contribution in [0.1, 0.15) is 32.6 Å². The lowest BCUT2D eigenvalue weighted by atomic mass is 10.1. The lowest BCUT2D eigenvalue weighted by molar-refractivity contribution is 0.229. The molecule has 11 heavy (non-hydrogen) atoms. The number of piperidine rings is 1. The lowest BCUT2D eigenvalue weighted by Crippen LogP contribution is -2.30. The highest BCUT2D eigenvalue weighted by Gasteiger charge is 2.07. The quantitative estimate of drug-likeness (QED) is 0.549. The standard InChI is InChI=1S/C8H17N.C2H2/c1-2-6-9-7-4-3-5-8-9;1-2/h2-8H2,1H3;1-2H. The lowest BCUT2D eigenvalue weighted by Gasteiger charge is -2.25. The van der Waals surface area contributed by atoms with Crippen molar-refractivity contribution in [3.05, 3.63) is 0 Å². The van der Waals surface area contributed by atoms with Gasteiger partial charge in [0.1, 0.15) is 0 Å². The van der Waals surface area contributed by atoms with Crippen molar-refractivity contribution < 1.29 is 0 Å². The number of hydrogen-bond donors (Lipinski definition) is 0. The maximum Gasteiger partial charge on any atom is -0.00187 e. The molecule has 0 saturated carbocycles. The van der Waals surface area contributed by atoms with E-state index in [4.69, 9.17) is 0 Å². The number of hydrogen-bond acceptors (Lipinski definition) is 1. The Bertz CT molecular complexity index is 87.5. The van der Waals surface area contributed by atoms with Crippen LogP contribution in [0, 0.1) is 12.8 Å². The Morgan fingerprint density at radius 2 is 1.64 bits per heavy atom. The zero-order valence-corrected chi connectivity index (χ0v) is 7.55. The fraction of sp³-hybridized carbons (Fsp3) is 0.800. The van der Waals surface area contributed by atoms with Gasteiger partial charge in [-0.25, -0.2) is 0 Å². The Kier molecular flexibility index (Phi) is 7.29. The maximum absolute atomic E-state index is 4.00. The summed E-state index contributed by atoms with van der Waals surface area (Å²) in [5, 5.41) is 0. The van der Waals surface area contributed by atoms with E-state index >= 15 is 0 Å². The topological polar surface area (TPSA) is 3.24 Å². The second-order valence-corrected chi connectivity index (χ2v) is 2.90. The normalized spacial score (nSPS) is 18.5. The smallest absolute Gasteiger partial charge is 0.00187 e. The van der Waals surface area contributed by atoms with E-state index in [2.05, 4.69) is 24.7 Å². The number of likely N-dealkylation sites (tertiary alicyclic amines) is 1. The highest BCUT2D eigenvalue weighted by atomic mass is 15.1. The minimum atomic E-state index is 1.32. The second-order valence-electron chi connectivity index (χ2n) is 2.90. The summed E-state index contributed by atoms with van der Waals surface area (Å²) < 4.78 is 0. The van der Waals surface area contributed by atoms with E-state index in [1.54, 1.807) is 0 Å². The van der Waals surface area contributed by atoms with Crippen molar-refractivity contribution in [2.75, 3.05) is 19.6 Å². The fourth-order valence-corrected chi connectivity index (χ4v) is 1.50. The van der Waals surface area contributed by atoms with Crippen LogP contribution in [-0.4, -0.2) is 24.5 Å². The second kappa shape index (κ2) is 7.63.